The number of aromatic nitrogens is 5. The van der Waals surface area contributed by atoms with Gasteiger partial charge >= 0.3 is 0 Å². The van der Waals surface area contributed by atoms with Crippen molar-refractivity contribution in [1.29, 1.82) is 0 Å². The van der Waals surface area contributed by atoms with Crippen molar-refractivity contribution >= 4 is 0 Å². The van der Waals surface area contributed by atoms with Crippen molar-refractivity contribution in [2.24, 2.45) is 12.8 Å². The molecule has 0 amide bonds. The van der Waals surface area contributed by atoms with Gasteiger partial charge in [-0.05, 0) is 30.3 Å². The van der Waals surface area contributed by atoms with Crippen molar-refractivity contribution in [2.75, 3.05) is 6.54 Å². The summed E-state index contributed by atoms with van der Waals surface area (Å²) in [5.41, 5.74) is 6.72. The summed E-state index contributed by atoms with van der Waals surface area (Å²) in [5.74, 6) is 0.715. The lowest BCUT2D eigenvalue weighted by molar-refractivity contribution is 0.623. The van der Waals surface area contributed by atoms with Gasteiger partial charge in [0.2, 0.25) is 0 Å². The number of tetrazole rings is 1. The third-order valence-corrected chi connectivity index (χ3v) is 2.19. The van der Waals surface area contributed by atoms with E-state index in [0.717, 1.165) is 6.42 Å². The lowest BCUT2D eigenvalue weighted by atomic mass is 10.3. The molecule has 0 spiro atoms. The molecule has 0 atom stereocenters. The summed E-state index contributed by atoms with van der Waals surface area (Å²) in [6.45, 7) is 1.30. The summed E-state index contributed by atoms with van der Waals surface area (Å²) in [6, 6.07) is 4.06. The van der Waals surface area contributed by atoms with Crippen LogP contribution in [-0.4, -0.2) is 31.3 Å². The van der Waals surface area contributed by atoms with E-state index in [1.165, 1.54) is 10.5 Å². The first-order valence-corrected chi connectivity index (χ1v) is 4.86. The van der Waals surface area contributed by atoms with Gasteiger partial charge in [-0.2, -0.15) is 4.80 Å². The van der Waals surface area contributed by atoms with E-state index in [2.05, 4.69) is 26.0 Å². The largest absolute Gasteiger partial charge is 0.344 e. The van der Waals surface area contributed by atoms with Gasteiger partial charge in [-0.3, -0.25) is 0 Å². The zero-order valence-corrected chi connectivity index (χ0v) is 8.67. The average molecular weight is 206 g/mol. The fraction of sp³-hybridized carbons (Fsp3) is 0.444. The maximum atomic E-state index is 5.53. The maximum absolute atomic E-state index is 5.53. The lowest BCUT2D eigenvalue weighted by Gasteiger charge is -2.04. The molecule has 2 heterocycles. The second kappa shape index (κ2) is 4.22. The van der Waals surface area contributed by atoms with Gasteiger partial charge in [-0.1, -0.05) is 0 Å². The minimum atomic E-state index is 0.649. The smallest absolute Gasteiger partial charge is 0.194 e. The average Bonchev–Trinajstić information content (AvgIpc) is 2.78. The van der Waals surface area contributed by atoms with Crippen molar-refractivity contribution in [2.45, 2.75) is 13.0 Å². The number of rotatable bonds is 4. The molecular formula is C9H14N6. The zero-order valence-electron chi connectivity index (χ0n) is 8.67. The van der Waals surface area contributed by atoms with E-state index in [1.54, 1.807) is 7.05 Å². The molecule has 0 aliphatic heterocycles. The molecule has 6 nitrogen and oxygen atoms in total. The highest BCUT2D eigenvalue weighted by Gasteiger charge is 2.04. The first-order chi connectivity index (χ1) is 7.29. The van der Waals surface area contributed by atoms with Crippen LogP contribution in [0.4, 0.5) is 0 Å². The molecule has 0 aromatic carbocycles. The molecule has 0 fully saturated rings. The molecule has 0 radical (unpaired) electrons. The Kier molecular flexibility index (Phi) is 2.77. The predicted molar refractivity (Wildman–Crippen MR) is 55.1 cm³/mol. The van der Waals surface area contributed by atoms with Crippen LogP contribution in [0, 0.1) is 0 Å². The summed E-state index contributed by atoms with van der Waals surface area (Å²) in [6.07, 6.45) is 2.87. The third-order valence-electron chi connectivity index (χ3n) is 2.19. The molecule has 0 saturated carbocycles. The molecule has 0 aliphatic rings. The monoisotopic (exact) mass is 206 g/mol. The molecule has 15 heavy (non-hydrogen) atoms. The van der Waals surface area contributed by atoms with Gasteiger partial charge in [0.15, 0.2) is 5.82 Å². The molecule has 0 bridgehead atoms. The Labute approximate surface area is 87.7 Å². The molecule has 80 valence electrons. The molecular weight excluding hydrogens is 192 g/mol. The fourth-order valence-electron chi connectivity index (χ4n) is 1.52. The fourth-order valence-corrected chi connectivity index (χ4v) is 1.52. The molecule has 0 saturated heterocycles. The van der Waals surface area contributed by atoms with Crippen LogP contribution in [0.3, 0.4) is 0 Å². The first kappa shape index (κ1) is 9.85. The highest BCUT2D eigenvalue weighted by atomic mass is 15.6. The number of hydrogen-bond donors (Lipinski definition) is 1. The van der Waals surface area contributed by atoms with Gasteiger partial charge in [0.1, 0.15) is 0 Å². The zero-order chi connectivity index (χ0) is 10.7. The van der Waals surface area contributed by atoms with Gasteiger partial charge in [-0.15, -0.1) is 10.2 Å². The first-order valence-electron chi connectivity index (χ1n) is 4.86. The summed E-state index contributed by atoms with van der Waals surface area (Å²) in [7, 11) is 1.76. The standard InChI is InChI=1S/C9H14N6/c1-14-12-9(11-13-14)7-15-6-2-3-8(15)4-5-10/h2-3,6H,4-5,7,10H2,1H3. The topological polar surface area (TPSA) is 74.5 Å². The number of aryl methyl sites for hydroxylation is 1. The van der Waals surface area contributed by atoms with Gasteiger partial charge < -0.3 is 10.3 Å². The third kappa shape index (κ3) is 2.21. The van der Waals surface area contributed by atoms with E-state index in [4.69, 9.17) is 5.73 Å². The highest BCUT2D eigenvalue weighted by molar-refractivity contribution is 5.08. The molecule has 0 aliphatic carbocycles. The van der Waals surface area contributed by atoms with Gasteiger partial charge in [0.25, 0.3) is 0 Å². The van der Waals surface area contributed by atoms with E-state index in [0.29, 0.717) is 18.9 Å². The van der Waals surface area contributed by atoms with Crippen LogP contribution in [0.2, 0.25) is 0 Å². The predicted octanol–water partition coefficient (Wildman–Crippen LogP) is -0.439. The van der Waals surface area contributed by atoms with E-state index >= 15 is 0 Å². The van der Waals surface area contributed by atoms with Crippen molar-refractivity contribution in [3.05, 3.63) is 29.8 Å². The Morgan fingerprint density at radius 1 is 1.47 bits per heavy atom. The van der Waals surface area contributed by atoms with E-state index in [1.807, 2.05) is 12.3 Å². The minimum absolute atomic E-state index is 0.649. The van der Waals surface area contributed by atoms with E-state index in [-0.39, 0.29) is 0 Å². The summed E-state index contributed by atoms with van der Waals surface area (Å²) in [5, 5.41) is 11.9. The molecule has 0 unspecified atom stereocenters. The minimum Gasteiger partial charge on any atom is -0.344 e. The Morgan fingerprint density at radius 2 is 2.33 bits per heavy atom. The second-order valence-electron chi connectivity index (χ2n) is 3.36. The summed E-state index contributed by atoms with van der Waals surface area (Å²) in [4.78, 5) is 1.46. The van der Waals surface area contributed by atoms with Gasteiger partial charge in [0, 0.05) is 11.9 Å². The van der Waals surface area contributed by atoms with Crippen LogP contribution >= 0.6 is 0 Å². The van der Waals surface area contributed by atoms with E-state index < -0.39 is 0 Å². The van der Waals surface area contributed by atoms with Crippen LogP contribution in [0.1, 0.15) is 11.5 Å². The summed E-state index contributed by atoms with van der Waals surface area (Å²) < 4.78 is 2.09. The van der Waals surface area contributed by atoms with Crippen LogP contribution in [0.15, 0.2) is 18.3 Å². The van der Waals surface area contributed by atoms with Crippen molar-refractivity contribution in [3.8, 4) is 0 Å². The summed E-state index contributed by atoms with van der Waals surface area (Å²) >= 11 is 0. The Bertz CT molecular complexity index is 429. The van der Waals surface area contributed by atoms with Crippen LogP contribution in [0.5, 0.6) is 0 Å². The Balaban J connectivity index is 2.13. The maximum Gasteiger partial charge on any atom is 0.194 e. The molecule has 2 N–H and O–H groups in total. The second-order valence-corrected chi connectivity index (χ2v) is 3.36. The van der Waals surface area contributed by atoms with Crippen molar-refractivity contribution < 1.29 is 0 Å². The lowest BCUT2D eigenvalue weighted by Crippen LogP contribution is -2.10. The van der Waals surface area contributed by atoms with Crippen LogP contribution < -0.4 is 5.73 Å². The SMILES string of the molecule is Cn1nnc(Cn2cccc2CCN)n1. The number of hydrogen-bond acceptors (Lipinski definition) is 4. The van der Waals surface area contributed by atoms with Gasteiger partial charge in [0.05, 0.1) is 13.6 Å². The molecule has 2 aromatic heterocycles. The molecule has 2 rings (SSSR count). The van der Waals surface area contributed by atoms with E-state index in [9.17, 15) is 0 Å². The Morgan fingerprint density at radius 3 is 3.00 bits per heavy atom. The van der Waals surface area contributed by atoms with Gasteiger partial charge in [-0.25, -0.2) is 0 Å². The number of nitrogens with zero attached hydrogens (tertiary/aromatic N) is 5. The Hall–Kier alpha value is -1.69. The quantitative estimate of drug-likeness (QED) is 0.736. The molecule has 6 heteroatoms. The molecule has 2 aromatic rings. The van der Waals surface area contributed by atoms with Crippen LogP contribution in [0.25, 0.3) is 0 Å². The normalized spacial score (nSPS) is 10.8. The van der Waals surface area contributed by atoms with Crippen LogP contribution in [-0.2, 0) is 20.0 Å². The van der Waals surface area contributed by atoms with Crippen molar-refractivity contribution in [1.82, 2.24) is 24.8 Å². The van der Waals surface area contributed by atoms with Crippen molar-refractivity contribution in [3.63, 3.8) is 0 Å². The number of nitrogens with two attached hydrogens (primary N) is 1. The highest BCUT2D eigenvalue weighted by Crippen LogP contribution is 2.04.